The molecule has 1 saturated heterocycles. The number of β-amino-alcohol motifs (C(OH)–C–C–N with tert-alkyl or cyclic N) is 1. The van der Waals surface area contributed by atoms with Gasteiger partial charge in [-0.05, 0) is 33.6 Å². The Labute approximate surface area is 74.3 Å². The monoisotopic (exact) mass is 173 g/mol. The van der Waals surface area contributed by atoms with Gasteiger partial charge < -0.3 is 5.11 Å². The van der Waals surface area contributed by atoms with E-state index in [-0.39, 0.29) is 11.7 Å². The molecule has 0 saturated carbocycles. The van der Waals surface area contributed by atoms with Crippen LogP contribution in [0.15, 0.2) is 0 Å². The van der Waals surface area contributed by atoms with E-state index >= 15 is 0 Å². The molecule has 0 spiro atoms. The lowest BCUT2D eigenvalue weighted by Crippen LogP contribution is -2.42. The standard InChI is InChI=1S/C9H19NO2/c1-9(2,3)12-10-6-4-5-8(11)7-10/h8,11H,4-7H2,1-3H3. The van der Waals surface area contributed by atoms with Crippen LogP contribution >= 0.6 is 0 Å². The van der Waals surface area contributed by atoms with Crippen LogP contribution in [-0.4, -0.2) is 35.0 Å². The highest BCUT2D eigenvalue weighted by Crippen LogP contribution is 2.16. The van der Waals surface area contributed by atoms with E-state index < -0.39 is 0 Å². The Morgan fingerprint density at radius 2 is 2.08 bits per heavy atom. The first-order chi connectivity index (χ1) is 5.47. The lowest BCUT2D eigenvalue weighted by Gasteiger charge is -2.34. The summed E-state index contributed by atoms with van der Waals surface area (Å²) in [5.41, 5.74) is -0.142. The van der Waals surface area contributed by atoms with E-state index in [0.29, 0.717) is 6.54 Å². The zero-order chi connectivity index (χ0) is 9.19. The summed E-state index contributed by atoms with van der Waals surface area (Å²) in [7, 11) is 0. The Kier molecular flexibility index (Phi) is 3.09. The third-order valence-electron chi connectivity index (χ3n) is 1.76. The van der Waals surface area contributed by atoms with Gasteiger partial charge in [-0.1, -0.05) is 0 Å². The summed E-state index contributed by atoms with van der Waals surface area (Å²) in [4.78, 5) is 5.62. The molecular weight excluding hydrogens is 154 g/mol. The van der Waals surface area contributed by atoms with Crippen LogP contribution in [0.25, 0.3) is 0 Å². The molecule has 12 heavy (non-hydrogen) atoms. The van der Waals surface area contributed by atoms with Crippen molar-refractivity contribution in [2.45, 2.75) is 45.3 Å². The maximum atomic E-state index is 9.35. The highest BCUT2D eigenvalue weighted by molar-refractivity contribution is 4.68. The summed E-state index contributed by atoms with van der Waals surface area (Å²) < 4.78 is 0. The molecule has 1 aliphatic heterocycles. The van der Waals surface area contributed by atoms with Gasteiger partial charge in [0.2, 0.25) is 0 Å². The first kappa shape index (κ1) is 9.96. The minimum atomic E-state index is -0.207. The Balaban J connectivity index is 2.32. The molecule has 0 radical (unpaired) electrons. The SMILES string of the molecule is CC(C)(C)ON1CCCC(O)C1. The average molecular weight is 173 g/mol. The molecule has 0 aromatic heterocycles. The van der Waals surface area contributed by atoms with Gasteiger partial charge in [-0.3, -0.25) is 4.84 Å². The Morgan fingerprint density at radius 1 is 1.42 bits per heavy atom. The van der Waals surface area contributed by atoms with Gasteiger partial charge in [0.25, 0.3) is 0 Å². The number of aliphatic hydroxyl groups is 1. The highest BCUT2D eigenvalue weighted by Gasteiger charge is 2.22. The Bertz CT molecular complexity index is 142. The summed E-state index contributed by atoms with van der Waals surface area (Å²) >= 11 is 0. The quantitative estimate of drug-likeness (QED) is 0.646. The third kappa shape index (κ3) is 3.52. The summed E-state index contributed by atoms with van der Waals surface area (Å²) in [5.74, 6) is 0. The van der Waals surface area contributed by atoms with Gasteiger partial charge in [0, 0.05) is 6.54 Å². The molecule has 1 aliphatic rings. The van der Waals surface area contributed by atoms with Crippen molar-refractivity contribution in [2.75, 3.05) is 13.1 Å². The molecule has 1 fully saturated rings. The number of hydroxylamine groups is 2. The largest absolute Gasteiger partial charge is 0.392 e. The predicted octanol–water partition coefficient (Wildman–Crippen LogP) is 1.17. The molecule has 0 bridgehead atoms. The fraction of sp³-hybridized carbons (Fsp3) is 1.00. The second-order valence-corrected chi connectivity index (χ2v) is 4.39. The summed E-state index contributed by atoms with van der Waals surface area (Å²) in [5, 5.41) is 11.2. The van der Waals surface area contributed by atoms with Crippen LogP contribution in [0.5, 0.6) is 0 Å². The van der Waals surface area contributed by atoms with Gasteiger partial charge in [0.15, 0.2) is 0 Å². The van der Waals surface area contributed by atoms with E-state index in [0.717, 1.165) is 19.4 Å². The number of nitrogens with zero attached hydrogens (tertiary/aromatic N) is 1. The maximum Gasteiger partial charge on any atom is 0.0815 e. The van der Waals surface area contributed by atoms with Crippen LogP contribution in [0, 0.1) is 0 Å². The third-order valence-corrected chi connectivity index (χ3v) is 1.76. The van der Waals surface area contributed by atoms with E-state index in [1.165, 1.54) is 0 Å². The topological polar surface area (TPSA) is 32.7 Å². The smallest absolute Gasteiger partial charge is 0.0815 e. The van der Waals surface area contributed by atoms with Crippen molar-refractivity contribution in [1.82, 2.24) is 5.06 Å². The first-order valence-electron chi connectivity index (χ1n) is 4.59. The highest BCUT2D eigenvalue weighted by atomic mass is 16.7. The van der Waals surface area contributed by atoms with Gasteiger partial charge in [-0.25, -0.2) is 0 Å². The molecule has 1 heterocycles. The maximum absolute atomic E-state index is 9.35. The Hall–Kier alpha value is -0.120. The zero-order valence-electron chi connectivity index (χ0n) is 8.21. The number of aliphatic hydroxyl groups excluding tert-OH is 1. The second-order valence-electron chi connectivity index (χ2n) is 4.39. The van der Waals surface area contributed by atoms with Crippen LogP contribution < -0.4 is 0 Å². The van der Waals surface area contributed by atoms with Crippen LogP contribution in [0.1, 0.15) is 33.6 Å². The molecule has 3 nitrogen and oxygen atoms in total. The molecule has 1 N–H and O–H groups in total. The molecule has 1 unspecified atom stereocenters. The molecule has 72 valence electrons. The summed E-state index contributed by atoms with van der Waals surface area (Å²) in [6.45, 7) is 7.65. The minimum Gasteiger partial charge on any atom is -0.392 e. The van der Waals surface area contributed by atoms with Gasteiger partial charge in [-0.2, -0.15) is 5.06 Å². The van der Waals surface area contributed by atoms with E-state index in [1.807, 2.05) is 25.8 Å². The second kappa shape index (κ2) is 3.73. The van der Waals surface area contributed by atoms with Crippen molar-refractivity contribution in [3.05, 3.63) is 0 Å². The van der Waals surface area contributed by atoms with Crippen LogP contribution in [-0.2, 0) is 4.84 Å². The van der Waals surface area contributed by atoms with Crippen molar-refractivity contribution in [1.29, 1.82) is 0 Å². The van der Waals surface area contributed by atoms with E-state index in [1.54, 1.807) is 0 Å². The van der Waals surface area contributed by atoms with Crippen molar-refractivity contribution >= 4 is 0 Å². The van der Waals surface area contributed by atoms with Gasteiger partial charge in [0.1, 0.15) is 0 Å². The van der Waals surface area contributed by atoms with E-state index in [2.05, 4.69) is 0 Å². The molecule has 1 atom stereocenters. The summed E-state index contributed by atoms with van der Waals surface area (Å²) in [6, 6.07) is 0. The average Bonchev–Trinajstić information content (AvgIpc) is 1.82. The lowest BCUT2D eigenvalue weighted by atomic mass is 10.1. The van der Waals surface area contributed by atoms with E-state index in [4.69, 9.17) is 4.84 Å². The predicted molar refractivity (Wildman–Crippen MR) is 47.7 cm³/mol. The van der Waals surface area contributed by atoms with Crippen molar-refractivity contribution in [3.63, 3.8) is 0 Å². The summed E-state index contributed by atoms with van der Waals surface area (Å²) in [6.07, 6.45) is 1.72. The fourth-order valence-corrected chi connectivity index (χ4v) is 1.39. The number of hydrogen-bond donors (Lipinski definition) is 1. The van der Waals surface area contributed by atoms with Crippen LogP contribution in [0.4, 0.5) is 0 Å². The van der Waals surface area contributed by atoms with Crippen LogP contribution in [0.3, 0.4) is 0 Å². The first-order valence-corrected chi connectivity index (χ1v) is 4.59. The number of hydrogen-bond acceptors (Lipinski definition) is 3. The Morgan fingerprint density at radius 3 is 2.58 bits per heavy atom. The van der Waals surface area contributed by atoms with Gasteiger partial charge >= 0.3 is 0 Å². The molecule has 0 aromatic rings. The van der Waals surface area contributed by atoms with Crippen molar-refractivity contribution in [3.8, 4) is 0 Å². The molecule has 0 aromatic carbocycles. The normalized spacial score (nSPS) is 27.5. The molecule has 3 heteroatoms. The lowest BCUT2D eigenvalue weighted by molar-refractivity contribution is -0.246. The van der Waals surface area contributed by atoms with Crippen LogP contribution in [0.2, 0.25) is 0 Å². The number of rotatable bonds is 1. The molecule has 0 aliphatic carbocycles. The van der Waals surface area contributed by atoms with Gasteiger partial charge in [-0.15, -0.1) is 0 Å². The molecular formula is C9H19NO2. The van der Waals surface area contributed by atoms with Gasteiger partial charge in [0.05, 0.1) is 18.2 Å². The fourth-order valence-electron chi connectivity index (χ4n) is 1.39. The molecule has 1 rings (SSSR count). The van der Waals surface area contributed by atoms with Crippen molar-refractivity contribution in [2.24, 2.45) is 0 Å². The van der Waals surface area contributed by atoms with Crippen molar-refractivity contribution < 1.29 is 9.94 Å². The van der Waals surface area contributed by atoms with E-state index in [9.17, 15) is 5.11 Å². The number of piperidine rings is 1. The molecule has 0 amide bonds. The zero-order valence-corrected chi connectivity index (χ0v) is 8.21. The minimum absolute atomic E-state index is 0.142.